The highest BCUT2D eigenvalue weighted by Gasteiger charge is 2.28. The molecule has 1 aromatic carbocycles. The van der Waals surface area contributed by atoms with E-state index in [1.54, 1.807) is 7.11 Å². The van der Waals surface area contributed by atoms with Gasteiger partial charge in [-0.25, -0.2) is 0 Å². The zero-order valence-corrected chi connectivity index (χ0v) is 14.4. The molecule has 3 rings (SSSR count). The van der Waals surface area contributed by atoms with Gasteiger partial charge in [0.2, 0.25) is 5.89 Å². The van der Waals surface area contributed by atoms with Crippen LogP contribution >= 0.6 is 0 Å². The van der Waals surface area contributed by atoms with Crippen LogP contribution in [0.4, 0.5) is 0 Å². The maximum atomic E-state index is 5.45. The highest BCUT2D eigenvalue weighted by molar-refractivity contribution is 5.29. The van der Waals surface area contributed by atoms with Crippen LogP contribution in [0.3, 0.4) is 0 Å². The van der Waals surface area contributed by atoms with Gasteiger partial charge in [0.1, 0.15) is 5.75 Å². The molecule has 0 saturated carbocycles. The maximum absolute atomic E-state index is 5.45. The van der Waals surface area contributed by atoms with E-state index >= 15 is 0 Å². The number of likely N-dealkylation sites (tertiary alicyclic amines) is 1. The normalized spacial score (nSPS) is 19.2. The second-order valence-electron chi connectivity index (χ2n) is 7.16. The van der Waals surface area contributed by atoms with Gasteiger partial charge in [-0.3, -0.25) is 4.90 Å². The molecule has 1 aliphatic heterocycles. The van der Waals surface area contributed by atoms with Crippen molar-refractivity contribution in [3.63, 3.8) is 0 Å². The first kappa shape index (κ1) is 16.0. The summed E-state index contributed by atoms with van der Waals surface area (Å²) in [6.45, 7) is 8.05. The molecule has 0 bridgehead atoms. The largest absolute Gasteiger partial charge is 0.497 e. The highest BCUT2D eigenvalue weighted by atomic mass is 16.5. The Balaban J connectivity index is 1.72. The van der Waals surface area contributed by atoms with Crippen molar-refractivity contribution in [3.8, 4) is 5.75 Å². The van der Waals surface area contributed by atoms with Gasteiger partial charge in [-0.05, 0) is 37.1 Å². The molecule has 1 atom stereocenters. The molecule has 0 spiro atoms. The van der Waals surface area contributed by atoms with Crippen LogP contribution in [0.5, 0.6) is 5.75 Å². The summed E-state index contributed by atoms with van der Waals surface area (Å²) in [6, 6.07) is 8.75. The molecule has 0 amide bonds. The first-order valence-electron chi connectivity index (χ1n) is 8.18. The third kappa shape index (κ3) is 3.55. The first-order valence-corrected chi connectivity index (χ1v) is 8.18. The lowest BCUT2D eigenvalue weighted by Crippen LogP contribution is -2.23. The summed E-state index contributed by atoms with van der Waals surface area (Å²) in [5, 5.41) is 4.12. The number of rotatable bonds is 4. The highest BCUT2D eigenvalue weighted by Crippen LogP contribution is 2.33. The maximum Gasteiger partial charge on any atom is 0.240 e. The number of ether oxygens (including phenoxy) is 1. The lowest BCUT2D eigenvalue weighted by atomic mass is 9.96. The summed E-state index contributed by atoms with van der Waals surface area (Å²) in [5.74, 6) is 2.37. The van der Waals surface area contributed by atoms with Crippen molar-refractivity contribution < 1.29 is 9.26 Å². The average molecular weight is 315 g/mol. The molecule has 2 heterocycles. The van der Waals surface area contributed by atoms with Crippen LogP contribution in [0, 0.1) is 0 Å². The Kier molecular flexibility index (Phi) is 4.39. The molecule has 1 saturated heterocycles. The van der Waals surface area contributed by atoms with Gasteiger partial charge in [-0.1, -0.05) is 38.1 Å². The van der Waals surface area contributed by atoms with Crippen molar-refractivity contribution in [3.05, 3.63) is 41.5 Å². The predicted molar refractivity (Wildman–Crippen MR) is 88.4 cm³/mol. The second-order valence-corrected chi connectivity index (χ2v) is 7.16. The summed E-state index contributed by atoms with van der Waals surface area (Å²) in [7, 11) is 1.69. The van der Waals surface area contributed by atoms with Gasteiger partial charge in [0.15, 0.2) is 5.82 Å². The van der Waals surface area contributed by atoms with Crippen molar-refractivity contribution in [2.24, 2.45) is 0 Å². The number of benzene rings is 1. The summed E-state index contributed by atoms with van der Waals surface area (Å²) < 4.78 is 10.7. The Hall–Kier alpha value is -1.88. The van der Waals surface area contributed by atoms with Crippen LogP contribution in [0.25, 0.3) is 0 Å². The van der Waals surface area contributed by atoms with Gasteiger partial charge in [0.05, 0.1) is 13.7 Å². The van der Waals surface area contributed by atoms with E-state index in [1.165, 1.54) is 12.0 Å². The lowest BCUT2D eigenvalue weighted by Gasteiger charge is -2.23. The van der Waals surface area contributed by atoms with Crippen molar-refractivity contribution in [1.82, 2.24) is 15.0 Å². The number of methoxy groups -OCH3 is 1. The van der Waals surface area contributed by atoms with E-state index in [4.69, 9.17) is 9.26 Å². The molecule has 0 unspecified atom stereocenters. The molecule has 1 aromatic heterocycles. The molecule has 0 aliphatic carbocycles. The molecule has 2 aromatic rings. The molecular formula is C18H25N3O2. The Morgan fingerprint density at radius 1 is 1.26 bits per heavy atom. The standard InChI is InChI=1S/C18H25N3O2/c1-18(2,3)17-19-16(23-20-17)12-21-11-5-6-15(21)13-7-9-14(22-4)10-8-13/h7-10,15H,5-6,11-12H2,1-4H3/t15-/m1/s1. The Morgan fingerprint density at radius 2 is 2.00 bits per heavy atom. The van der Waals surface area contributed by atoms with Crippen molar-refractivity contribution in [2.75, 3.05) is 13.7 Å². The monoisotopic (exact) mass is 315 g/mol. The van der Waals surface area contributed by atoms with Crippen LogP contribution < -0.4 is 4.74 Å². The van der Waals surface area contributed by atoms with Crippen LogP contribution in [-0.2, 0) is 12.0 Å². The van der Waals surface area contributed by atoms with Gasteiger partial charge in [0.25, 0.3) is 0 Å². The minimum absolute atomic E-state index is 0.0812. The SMILES string of the molecule is COc1ccc([C@H]2CCCN2Cc2nc(C(C)(C)C)no2)cc1. The van der Waals surface area contributed by atoms with E-state index in [0.29, 0.717) is 18.5 Å². The van der Waals surface area contributed by atoms with E-state index in [2.05, 4.69) is 47.9 Å². The molecule has 23 heavy (non-hydrogen) atoms. The quantitative estimate of drug-likeness (QED) is 0.861. The van der Waals surface area contributed by atoms with E-state index in [-0.39, 0.29) is 5.41 Å². The Bertz CT molecular complexity index is 643. The van der Waals surface area contributed by atoms with Crippen molar-refractivity contribution in [1.29, 1.82) is 0 Å². The third-order valence-electron chi connectivity index (χ3n) is 4.34. The number of aromatic nitrogens is 2. The molecular weight excluding hydrogens is 290 g/mol. The van der Waals surface area contributed by atoms with Gasteiger partial charge in [-0.15, -0.1) is 0 Å². The molecule has 1 aliphatic rings. The average Bonchev–Trinajstić information content (AvgIpc) is 3.17. The molecule has 1 fully saturated rings. The fourth-order valence-corrected chi connectivity index (χ4v) is 3.02. The minimum atomic E-state index is -0.0812. The van der Waals surface area contributed by atoms with E-state index in [1.807, 2.05) is 12.1 Å². The molecule has 5 nitrogen and oxygen atoms in total. The topological polar surface area (TPSA) is 51.4 Å². The van der Waals surface area contributed by atoms with Crippen molar-refractivity contribution >= 4 is 0 Å². The minimum Gasteiger partial charge on any atom is -0.497 e. The zero-order chi connectivity index (χ0) is 16.4. The van der Waals surface area contributed by atoms with Gasteiger partial charge < -0.3 is 9.26 Å². The summed E-state index contributed by atoms with van der Waals surface area (Å²) in [6.07, 6.45) is 2.35. The molecule has 0 N–H and O–H groups in total. The Morgan fingerprint density at radius 3 is 2.61 bits per heavy atom. The van der Waals surface area contributed by atoms with Gasteiger partial charge in [-0.2, -0.15) is 4.98 Å². The Labute approximate surface area is 137 Å². The summed E-state index contributed by atoms with van der Waals surface area (Å²) in [5.41, 5.74) is 1.24. The molecule has 124 valence electrons. The zero-order valence-electron chi connectivity index (χ0n) is 14.4. The fraction of sp³-hybridized carbons (Fsp3) is 0.556. The van der Waals surface area contributed by atoms with Crippen LogP contribution in [0.2, 0.25) is 0 Å². The third-order valence-corrected chi connectivity index (χ3v) is 4.34. The van der Waals surface area contributed by atoms with Gasteiger partial charge >= 0.3 is 0 Å². The fourth-order valence-electron chi connectivity index (χ4n) is 3.02. The number of hydrogen-bond donors (Lipinski definition) is 0. The first-order chi connectivity index (χ1) is 11.0. The molecule has 0 radical (unpaired) electrons. The lowest BCUT2D eigenvalue weighted by molar-refractivity contribution is 0.212. The molecule has 5 heteroatoms. The van der Waals surface area contributed by atoms with Crippen LogP contribution in [0.1, 0.15) is 56.9 Å². The smallest absolute Gasteiger partial charge is 0.240 e. The van der Waals surface area contributed by atoms with E-state index in [0.717, 1.165) is 24.5 Å². The number of hydrogen-bond acceptors (Lipinski definition) is 5. The number of nitrogens with zero attached hydrogens (tertiary/aromatic N) is 3. The van der Waals surface area contributed by atoms with E-state index in [9.17, 15) is 0 Å². The summed E-state index contributed by atoms with van der Waals surface area (Å²) in [4.78, 5) is 6.98. The van der Waals surface area contributed by atoms with Crippen LogP contribution in [0.15, 0.2) is 28.8 Å². The second kappa shape index (κ2) is 6.32. The van der Waals surface area contributed by atoms with Crippen molar-refractivity contribution in [2.45, 2.75) is 51.6 Å². The van der Waals surface area contributed by atoms with Crippen LogP contribution in [-0.4, -0.2) is 28.7 Å². The predicted octanol–water partition coefficient (Wildman–Crippen LogP) is 3.71. The summed E-state index contributed by atoms with van der Waals surface area (Å²) >= 11 is 0. The van der Waals surface area contributed by atoms with E-state index < -0.39 is 0 Å². The van der Waals surface area contributed by atoms with Gasteiger partial charge in [0, 0.05) is 11.5 Å².